The van der Waals surface area contributed by atoms with Crippen LogP contribution < -0.4 is 0 Å². The van der Waals surface area contributed by atoms with Gasteiger partial charge < -0.3 is 0 Å². The Bertz CT molecular complexity index is 605. The summed E-state index contributed by atoms with van der Waals surface area (Å²) in [5.41, 5.74) is 1.01. The molecule has 0 saturated heterocycles. The molecule has 0 aliphatic carbocycles. The highest BCUT2D eigenvalue weighted by Crippen LogP contribution is 2.27. The van der Waals surface area contributed by atoms with Gasteiger partial charge in [0.15, 0.2) is 21.6 Å². The molecule has 15 heavy (non-hydrogen) atoms. The first-order valence-electron chi connectivity index (χ1n) is 4.14. The van der Waals surface area contributed by atoms with E-state index in [1.807, 2.05) is 6.07 Å². The highest BCUT2D eigenvalue weighted by Gasteiger charge is 2.18. The van der Waals surface area contributed by atoms with Crippen molar-refractivity contribution in [1.29, 1.82) is 5.26 Å². The molecule has 76 valence electrons. The summed E-state index contributed by atoms with van der Waals surface area (Å²) in [7, 11) is 0. The maximum atomic E-state index is 11.3. The minimum absolute atomic E-state index is 0.0250. The molecule has 0 spiro atoms. The Balaban J connectivity index is 2.88. The second kappa shape index (κ2) is 3.33. The van der Waals surface area contributed by atoms with Crippen molar-refractivity contribution >= 4 is 33.7 Å². The molecule has 2 rings (SSSR count). The predicted octanol–water partition coefficient (Wildman–Crippen LogP) is 2.43. The molecule has 0 saturated carbocycles. The molecule has 0 aromatic carbocycles. The Morgan fingerprint density at radius 1 is 1.67 bits per heavy atom. The molecule has 0 atom stereocenters. The zero-order chi connectivity index (χ0) is 11.2. The van der Waals surface area contributed by atoms with Crippen molar-refractivity contribution in [2.24, 2.45) is 0 Å². The van der Waals surface area contributed by atoms with Crippen LogP contribution in [0, 0.1) is 18.3 Å². The first kappa shape index (κ1) is 10.1. The number of rotatable bonds is 1. The number of thiazole rings is 1. The number of hydrogen-bond donors (Lipinski definition) is 0. The highest BCUT2D eigenvalue weighted by atomic mass is 35.5. The summed E-state index contributed by atoms with van der Waals surface area (Å²) in [5.74, 6) is -0.0250. The fourth-order valence-corrected chi connectivity index (χ4v) is 2.72. The number of aryl methyl sites for hydroxylation is 1. The van der Waals surface area contributed by atoms with Gasteiger partial charge in [0.25, 0.3) is 0 Å². The van der Waals surface area contributed by atoms with E-state index in [1.165, 1.54) is 18.3 Å². The number of aromatic nitrogens is 2. The Labute approximate surface area is 94.7 Å². The molecule has 4 nitrogen and oxygen atoms in total. The summed E-state index contributed by atoms with van der Waals surface area (Å²) < 4.78 is 1.61. The molecule has 0 unspecified atom stereocenters. The fraction of sp³-hybridized carbons (Fsp3) is 0.222. The van der Waals surface area contributed by atoms with Crippen LogP contribution in [0.4, 0.5) is 0 Å². The van der Waals surface area contributed by atoms with E-state index in [-0.39, 0.29) is 16.6 Å². The van der Waals surface area contributed by atoms with E-state index in [1.54, 1.807) is 11.3 Å². The van der Waals surface area contributed by atoms with Gasteiger partial charge in [0, 0.05) is 12.6 Å². The third-order valence-corrected chi connectivity index (χ3v) is 3.59. The van der Waals surface area contributed by atoms with E-state index in [2.05, 4.69) is 4.98 Å². The molecule has 0 aliphatic rings. The normalized spacial score (nSPS) is 10.5. The second-order valence-electron chi connectivity index (χ2n) is 3.05. The van der Waals surface area contributed by atoms with Gasteiger partial charge >= 0.3 is 0 Å². The number of imidazole rings is 1. The second-order valence-corrected chi connectivity index (χ2v) is 4.39. The van der Waals surface area contributed by atoms with Gasteiger partial charge in [-0.05, 0) is 6.92 Å². The quantitative estimate of drug-likeness (QED) is 0.718. The maximum absolute atomic E-state index is 11.3. The lowest BCUT2D eigenvalue weighted by molar-refractivity contribution is 0.102. The Morgan fingerprint density at radius 2 is 2.33 bits per heavy atom. The highest BCUT2D eigenvalue weighted by molar-refractivity contribution is 7.19. The minimum atomic E-state index is -0.0250. The molecular weight excluding hydrogens is 234 g/mol. The number of nitriles is 1. The maximum Gasteiger partial charge on any atom is 0.197 e. The summed E-state index contributed by atoms with van der Waals surface area (Å²) in [6, 6.07) is 1.98. The van der Waals surface area contributed by atoms with Crippen LogP contribution in [0.1, 0.15) is 28.0 Å². The minimum Gasteiger partial charge on any atom is -0.294 e. The van der Waals surface area contributed by atoms with Gasteiger partial charge in [-0.25, -0.2) is 4.98 Å². The standard InChI is InChI=1S/C9H6ClN3OS/c1-4-7(5(2)14)15-9-12-8(10)6(3-11)13(4)9/h1-2H3. The number of ketones is 1. The molecule has 0 N–H and O–H groups in total. The van der Waals surface area contributed by atoms with Crippen LogP contribution in [-0.2, 0) is 0 Å². The number of nitrogens with zero attached hydrogens (tertiary/aromatic N) is 3. The Morgan fingerprint density at radius 3 is 2.87 bits per heavy atom. The molecule has 0 fully saturated rings. The zero-order valence-corrected chi connectivity index (χ0v) is 9.61. The van der Waals surface area contributed by atoms with Crippen LogP contribution in [0.15, 0.2) is 0 Å². The average Bonchev–Trinajstić information content (AvgIpc) is 2.63. The largest absolute Gasteiger partial charge is 0.294 e. The smallest absolute Gasteiger partial charge is 0.197 e. The molecule has 2 aromatic rings. The number of fused-ring (bicyclic) bond motifs is 1. The van der Waals surface area contributed by atoms with Crippen molar-refractivity contribution in [3.05, 3.63) is 21.4 Å². The molecule has 0 amide bonds. The fourth-order valence-electron chi connectivity index (χ4n) is 1.44. The van der Waals surface area contributed by atoms with E-state index in [0.717, 1.165) is 5.69 Å². The topological polar surface area (TPSA) is 58.2 Å². The first-order valence-corrected chi connectivity index (χ1v) is 5.34. The lowest BCUT2D eigenvalue weighted by Crippen LogP contribution is -1.95. The lowest BCUT2D eigenvalue weighted by Gasteiger charge is -1.93. The van der Waals surface area contributed by atoms with Crippen LogP contribution in [0.25, 0.3) is 4.96 Å². The summed E-state index contributed by atoms with van der Waals surface area (Å²) in [6.45, 7) is 3.27. The lowest BCUT2D eigenvalue weighted by atomic mass is 10.3. The number of hydrogen-bond acceptors (Lipinski definition) is 4. The molecule has 0 radical (unpaired) electrons. The van der Waals surface area contributed by atoms with Crippen molar-refractivity contribution < 1.29 is 4.79 Å². The third kappa shape index (κ3) is 1.34. The van der Waals surface area contributed by atoms with Gasteiger partial charge in [-0.1, -0.05) is 22.9 Å². The SMILES string of the molecule is CC(=O)c1sc2nc(Cl)c(C#N)n2c1C. The zero-order valence-electron chi connectivity index (χ0n) is 8.04. The van der Waals surface area contributed by atoms with Gasteiger partial charge in [0.1, 0.15) is 6.07 Å². The number of Topliss-reactive ketones (excluding diaryl/α,β-unsaturated/α-hetero) is 1. The van der Waals surface area contributed by atoms with Crippen LogP contribution in [0.2, 0.25) is 5.15 Å². The van der Waals surface area contributed by atoms with Crippen molar-refractivity contribution in [1.82, 2.24) is 9.38 Å². The van der Waals surface area contributed by atoms with E-state index in [0.29, 0.717) is 9.84 Å². The van der Waals surface area contributed by atoms with Gasteiger partial charge in [-0.3, -0.25) is 9.20 Å². The Kier molecular flexibility index (Phi) is 2.25. The first-order chi connectivity index (χ1) is 7.06. The summed E-state index contributed by atoms with van der Waals surface area (Å²) in [5, 5.41) is 9.08. The molecular formula is C9H6ClN3OS. The summed E-state index contributed by atoms with van der Waals surface area (Å²) in [6.07, 6.45) is 0. The van der Waals surface area contributed by atoms with Gasteiger partial charge in [0.2, 0.25) is 0 Å². The van der Waals surface area contributed by atoms with Gasteiger partial charge in [-0.15, -0.1) is 0 Å². The van der Waals surface area contributed by atoms with Gasteiger partial charge in [-0.2, -0.15) is 5.26 Å². The van der Waals surface area contributed by atoms with E-state index in [9.17, 15) is 4.79 Å². The summed E-state index contributed by atoms with van der Waals surface area (Å²) >= 11 is 7.03. The van der Waals surface area contributed by atoms with Crippen molar-refractivity contribution in [2.75, 3.05) is 0 Å². The summed E-state index contributed by atoms with van der Waals surface area (Å²) in [4.78, 5) is 16.5. The van der Waals surface area contributed by atoms with Crippen LogP contribution in [-0.4, -0.2) is 15.2 Å². The van der Waals surface area contributed by atoms with Crippen molar-refractivity contribution in [2.45, 2.75) is 13.8 Å². The van der Waals surface area contributed by atoms with E-state index < -0.39 is 0 Å². The monoisotopic (exact) mass is 239 g/mol. The number of carbonyl (C=O) groups is 1. The van der Waals surface area contributed by atoms with Crippen LogP contribution in [0.3, 0.4) is 0 Å². The molecule has 2 aromatic heterocycles. The van der Waals surface area contributed by atoms with Crippen molar-refractivity contribution in [3.8, 4) is 6.07 Å². The van der Waals surface area contributed by atoms with Gasteiger partial charge in [0.05, 0.1) is 4.88 Å². The van der Waals surface area contributed by atoms with Crippen LogP contribution >= 0.6 is 22.9 Å². The molecule has 0 bridgehead atoms. The van der Waals surface area contributed by atoms with Crippen molar-refractivity contribution in [3.63, 3.8) is 0 Å². The predicted molar refractivity (Wildman–Crippen MR) is 57.5 cm³/mol. The van der Waals surface area contributed by atoms with E-state index >= 15 is 0 Å². The number of halogens is 1. The third-order valence-electron chi connectivity index (χ3n) is 2.09. The molecule has 6 heteroatoms. The molecule has 2 heterocycles. The number of carbonyl (C=O) groups excluding carboxylic acids is 1. The Hall–Kier alpha value is -1.38. The van der Waals surface area contributed by atoms with E-state index in [4.69, 9.17) is 16.9 Å². The average molecular weight is 240 g/mol. The van der Waals surface area contributed by atoms with Crippen LogP contribution in [0.5, 0.6) is 0 Å². The molecule has 0 aliphatic heterocycles.